The van der Waals surface area contributed by atoms with Crippen LogP contribution in [0.1, 0.15) is 25.3 Å². The molecular formula is C13H20N2OS. The van der Waals surface area contributed by atoms with Gasteiger partial charge in [-0.05, 0) is 31.1 Å². The highest BCUT2D eigenvalue weighted by molar-refractivity contribution is 7.98. The Labute approximate surface area is 107 Å². The number of primary amides is 1. The Morgan fingerprint density at radius 2 is 2.00 bits per heavy atom. The van der Waals surface area contributed by atoms with Crippen LogP contribution in [0.5, 0.6) is 0 Å². The molecule has 1 atom stereocenters. The summed E-state index contributed by atoms with van der Waals surface area (Å²) in [6.07, 6.45) is 1.55. The van der Waals surface area contributed by atoms with Crippen LogP contribution in [-0.2, 0) is 10.5 Å². The van der Waals surface area contributed by atoms with Crippen molar-refractivity contribution in [1.29, 1.82) is 0 Å². The van der Waals surface area contributed by atoms with Crippen molar-refractivity contribution in [3.63, 3.8) is 0 Å². The number of hydrogen-bond acceptors (Lipinski definition) is 3. The summed E-state index contributed by atoms with van der Waals surface area (Å²) >= 11 is 1.85. The van der Waals surface area contributed by atoms with E-state index in [1.807, 2.05) is 30.0 Å². The maximum absolute atomic E-state index is 11.0. The first-order valence-electron chi connectivity index (χ1n) is 5.73. The van der Waals surface area contributed by atoms with Gasteiger partial charge in [-0.15, -0.1) is 0 Å². The van der Waals surface area contributed by atoms with Gasteiger partial charge in [-0.3, -0.25) is 4.79 Å². The monoisotopic (exact) mass is 252 g/mol. The second kappa shape index (κ2) is 6.67. The molecule has 0 aliphatic carbocycles. The molecule has 1 unspecified atom stereocenters. The molecule has 1 aromatic carbocycles. The molecule has 0 radical (unpaired) electrons. The molecule has 0 saturated heterocycles. The first-order chi connectivity index (χ1) is 8.02. The van der Waals surface area contributed by atoms with Gasteiger partial charge in [0.1, 0.15) is 0 Å². The summed E-state index contributed by atoms with van der Waals surface area (Å²) in [5.74, 6) is 1.57. The van der Waals surface area contributed by atoms with Crippen LogP contribution in [-0.4, -0.2) is 17.2 Å². The fraction of sp³-hybridized carbons (Fsp3) is 0.462. The van der Waals surface area contributed by atoms with Crippen molar-refractivity contribution in [1.82, 2.24) is 0 Å². The number of rotatable bonds is 7. The van der Waals surface area contributed by atoms with Gasteiger partial charge in [-0.25, -0.2) is 0 Å². The maximum Gasteiger partial charge on any atom is 0.237 e. The second-order valence-electron chi connectivity index (χ2n) is 4.42. The van der Waals surface area contributed by atoms with Crippen LogP contribution in [0.2, 0.25) is 0 Å². The molecule has 1 rings (SSSR count). The van der Waals surface area contributed by atoms with E-state index in [0.717, 1.165) is 17.9 Å². The Hall–Kier alpha value is -1.00. The van der Waals surface area contributed by atoms with Crippen molar-refractivity contribution in [3.05, 3.63) is 35.9 Å². The summed E-state index contributed by atoms with van der Waals surface area (Å²) in [7, 11) is 0. The van der Waals surface area contributed by atoms with Crippen LogP contribution >= 0.6 is 11.8 Å². The minimum atomic E-state index is -0.868. The average Bonchev–Trinajstić information content (AvgIpc) is 2.29. The van der Waals surface area contributed by atoms with Crippen molar-refractivity contribution < 1.29 is 4.79 Å². The zero-order chi connectivity index (χ0) is 12.7. The largest absolute Gasteiger partial charge is 0.368 e. The standard InChI is InChI=1S/C13H20N2OS/c1-13(15,12(14)16)8-5-9-17-10-11-6-3-2-4-7-11/h2-4,6-7H,5,8-10,15H2,1H3,(H2,14,16). The first-order valence-corrected chi connectivity index (χ1v) is 6.88. The lowest BCUT2D eigenvalue weighted by Crippen LogP contribution is -2.49. The molecule has 0 aromatic heterocycles. The predicted molar refractivity (Wildman–Crippen MR) is 73.6 cm³/mol. The zero-order valence-corrected chi connectivity index (χ0v) is 11.0. The highest BCUT2D eigenvalue weighted by atomic mass is 32.2. The summed E-state index contributed by atoms with van der Waals surface area (Å²) in [5.41, 5.74) is 11.4. The molecule has 0 bridgehead atoms. The summed E-state index contributed by atoms with van der Waals surface area (Å²) in [6, 6.07) is 10.3. The quantitative estimate of drug-likeness (QED) is 0.728. The summed E-state index contributed by atoms with van der Waals surface area (Å²) < 4.78 is 0. The van der Waals surface area contributed by atoms with Crippen LogP contribution in [0.3, 0.4) is 0 Å². The molecule has 1 aromatic rings. The number of carbonyl (C=O) groups excluding carboxylic acids is 1. The van der Waals surface area contributed by atoms with Gasteiger partial charge in [0.25, 0.3) is 0 Å². The van der Waals surface area contributed by atoms with Crippen molar-refractivity contribution in [2.75, 3.05) is 5.75 Å². The molecular weight excluding hydrogens is 232 g/mol. The third kappa shape index (κ3) is 5.24. The van der Waals surface area contributed by atoms with E-state index < -0.39 is 11.4 Å². The van der Waals surface area contributed by atoms with Gasteiger partial charge in [-0.2, -0.15) is 11.8 Å². The van der Waals surface area contributed by atoms with Gasteiger partial charge in [0.05, 0.1) is 5.54 Å². The van der Waals surface area contributed by atoms with E-state index >= 15 is 0 Å². The molecule has 0 fully saturated rings. The topological polar surface area (TPSA) is 69.1 Å². The van der Waals surface area contributed by atoms with Gasteiger partial charge in [0.2, 0.25) is 5.91 Å². The lowest BCUT2D eigenvalue weighted by Gasteiger charge is -2.19. The number of amides is 1. The fourth-order valence-corrected chi connectivity index (χ4v) is 2.35. The third-order valence-corrected chi connectivity index (χ3v) is 3.77. The number of thioether (sulfide) groups is 1. The van der Waals surface area contributed by atoms with Crippen LogP contribution in [0.4, 0.5) is 0 Å². The van der Waals surface area contributed by atoms with E-state index in [-0.39, 0.29) is 0 Å². The summed E-state index contributed by atoms with van der Waals surface area (Å²) in [5, 5.41) is 0. The van der Waals surface area contributed by atoms with Gasteiger partial charge in [-0.1, -0.05) is 30.3 Å². The van der Waals surface area contributed by atoms with Crippen molar-refractivity contribution in [2.24, 2.45) is 11.5 Å². The van der Waals surface area contributed by atoms with E-state index in [1.54, 1.807) is 6.92 Å². The Balaban J connectivity index is 2.15. The van der Waals surface area contributed by atoms with Gasteiger partial charge >= 0.3 is 0 Å². The minimum Gasteiger partial charge on any atom is -0.368 e. The van der Waals surface area contributed by atoms with E-state index in [4.69, 9.17) is 11.5 Å². The molecule has 0 aliphatic rings. The van der Waals surface area contributed by atoms with Crippen LogP contribution in [0, 0.1) is 0 Å². The molecule has 0 aliphatic heterocycles. The molecule has 17 heavy (non-hydrogen) atoms. The number of hydrogen-bond donors (Lipinski definition) is 2. The SMILES string of the molecule is CC(N)(CCCSCc1ccccc1)C(N)=O. The Kier molecular flexibility index (Phi) is 5.51. The normalized spacial score (nSPS) is 14.2. The number of carbonyl (C=O) groups is 1. The summed E-state index contributed by atoms with van der Waals surface area (Å²) in [6.45, 7) is 1.69. The lowest BCUT2D eigenvalue weighted by molar-refractivity contribution is -0.122. The number of benzene rings is 1. The summed E-state index contributed by atoms with van der Waals surface area (Å²) in [4.78, 5) is 11.0. The number of nitrogens with two attached hydrogens (primary N) is 2. The molecule has 0 heterocycles. The maximum atomic E-state index is 11.0. The van der Waals surface area contributed by atoms with Gasteiger partial charge < -0.3 is 11.5 Å². The lowest BCUT2D eigenvalue weighted by atomic mass is 9.97. The molecule has 94 valence electrons. The average molecular weight is 252 g/mol. The Morgan fingerprint density at radius 3 is 2.59 bits per heavy atom. The third-order valence-electron chi connectivity index (χ3n) is 2.66. The Bertz CT molecular complexity index is 352. The van der Waals surface area contributed by atoms with Crippen LogP contribution in [0.15, 0.2) is 30.3 Å². The second-order valence-corrected chi connectivity index (χ2v) is 5.53. The van der Waals surface area contributed by atoms with Gasteiger partial charge in [0.15, 0.2) is 0 Å². The van der Waals surface area contributed by atoms with Gasteiger partial charge in [0, 0.05) is 5.75 Å². The zero-order valence-electron chi connectivity index (χ0n) is 10.2. The molecule has 0 spiro atoms. The van der Waals surface area contributed by atoms with E-state index in [1.165, 1.54) is 5.56 Å². The van der Waals surface area contributed by atoms with Crippen molar-refractivity contribution in [2.45, 2.75) is 31.1 Å². The molecule has 4 N–H and O–H groups in total. The van der Waals surface area contributed by atoms with Crippen LogP contribution in [0.25, 0.3) is 0 Å². The highest BCUT2D eigenvalue weighted by Crippen LogP contribution is 2.16. The fourth-order valence-electron chi connectivity index (χ4n) is 1.43. The molecule has 1 amide bonds. The van der Waals surface area contributed by atoms with E-state index in [2.05, 4.69) is 12.1 Å². The van der Waals surface area contributed by atoms with E-state index in [0.29, 0.717) is 6.42 Å². The predicted octanol–water partition coefficient (Wildman–Crippen LogP) is 1.90. The Morgan fingerprint density at radius 1 is 1.35 bits per heavy atom. The highest BCUT2D eigenvalue weighted by Gasteiger charge is 2.24. The molecule has 4 heteroatoms. The smallest absolute Gasteiger partial charge is 0.237 e. The molecule has 3 nitrogen and oxygen atoms in total. The first kappa shape index (κ1) is 14.1. The molecule has 0 saturated carbocycles. The van der Waals surface area contributed by atoms with E-state index in [9.17, 15) is 4.79 Å². The van der Waals surface area contributed by atoms with Crippen LogP contribution < -0.4 is 11.5 Å². The van der Waals surface area contributed by atoms with Crippen molar-refractivity contribution in [3.8, 4) is 0 Å². The van der Waals surface area contributed by atoms with Crippen molar-refractivity contribution >= 4 is 17.7 Å². The minimum absolute atomic E-state index is 0.425.